The second-order valence-corrected chi connectivity index (χ2v) is 7.38. The molecule has 2 heterocycles. The maximum Gasteiger partial charge on any atom is 0.435 e. The molecule has 0 atom stereocenters. The van der Waals surface area contributed by atoms with E-state index < -0.39 is 11.7 Å². The monoisotopic (exact) mass is 385 g/mol. The number of carbonyl (C=O) groups is 1. The standard InChI is InChI=1S/C19H20ClN5O2/c1-12-21-10-16(20)17(23-12)24-15-7-5-13(6-8-15)14-9-22-25(11-14)18(26)27-19(2,3)4/h5-11H,1-4H3,(H,21,23,24). The Morgan fingerprint density at radius 2 is 1.85 bits per heavy atom. The molecular formula is C19H20ClN5O2. The van der Waals surface area contributed by atoms with Gasteiger partial charge in [-0.1, -0.05) is 23.7 Å². The first-order valence-corrected chi connectivity index (χ1v) is 8.74. The van der Waals surface area contributed by atoms with Gasteiger partial charge in [0.05, 0.1) is 12.4 Å². The Hall–Kier alpha value is -2.93. The third-order valence-corrected chi connectivity index (χ3v) is 3.79. The summed E-state index contributed by atoms with van der Waals surface area (Å²) in [4.78, 5) is 20.4. The van der Waals surface area contributed by atoms with Crippen LogP contribution in [0.1, 0.15) is 26.6 Å². The predicted octanol–water partition coefficient (Wildman–Crippen LogP) is 4.83. The smallest absolute Gasteiger partial charge is 0.435 e. The number of aromatic nitrogens is 4. The van der Waals surface area contributed by atoms with Gasteiger partial charge in [0.15, 0.2) is 5.82 Å². The highest BCUT2D eigenvalue weighted by Gasteiger charge is 2.18. The second-order valence-electron chi connectivity index (χ2n) is 6.97. The third kappa shape index (κ3) is 4.83. The summed E-state index contributed by atoms with van der Waals surface area (Å²) in [5.74, 6) is 1.18. The van der Waals surface area contributed by atoms with Gasteiger partial charge in [-0.2, -0.15) is 9.78 Å². The number of hydrogen-bond acceptors (Lipinski definition) is 6. The molecule has 0 saturated carbocycles. The number of carbonyl (C=O) groups excluding carboxylic acids is 1. The molecule has 140 valence electrons. The van der Waals surface area contributed by atoms with Crippen LogP contribution in [0, 0.1) is 6.92 Å². The van der Waals surface area contributed by atoms with Gasteiger partial charge >= 0.3 is 6.09 Å². The molecule has 0 spiro atoms. The molecule has 1 N–H and O–H groups in total. The maximum absolute atomic E-state index is 12.1. The van der Waals surface area contributed by atoms with Crippen LogP contribution in [0.2, 0.25) is 5.02 Å². The number of benzene rings is 1. The van der Waals surface area contributed by atoms with Crippen LogP contribution in [-0.2, 0) is 4.74 Å². The van der Waals surface area contributed by atoms with Gasteiger partial charge in [-0.05, 0) is 45.4 Å². The minimum Gasteiger partial charge on any atom is -0.442 e. The van der Waals surface area contributed by atoms with Gasteiger partial charge in [0.1, 0.15) is 16.4 Å². The Balaban J connectivity index is 1.74. The van der Waals surface area contributed by atoms with Crippen molar-refractivity contribution in [2.24, 2.45) is 0 Å². The molecule has 0 fully saturated rings. The summed E-state index contributed by atoms with van der Waals surface area (Å²) >= 11 is 6.11. The average molecular weight is 386 g/mol. The van der Waals surface area contributed by atoms with Crippen molar-refractivity contribution in [1.29, 1.82) is 0 Å². The van der Waals surface area contributed by atoms with Crippen molar-refractivity contribution >= 4 is 29.2 Å². The Bertz CT molecular complexity index is 961. The molecule has 7 nitrogen and oxygen atoms in total. The molecule has 0 unspecified atom stereocenters. The van der Waals surface area contributed by atoms with E-state index in [4.69, 9.17) is 16.3 Å². The van der Waals surface area contributed by atoms with E-state index in [1.54, 1.807) is 25.5 Å². The van der Waals surface area contributed by atoms with Crippen LogP contribution in [0.5, 0.6) is 0 Å². The highest BCUT2D eigenvalue weighted by Crippen LogP contribution is 2.25. The number of ether oxygens (including phenoxy) is 1. The summed E-state index contributed by atoms with van der Waals surface area (Å²) in [5, 5.41) is 7.69. The van der Waals surface area contributed by atoms with Crippen molar-refractivity contribution < 1.29 is 9.53 Å². The molecular weight excluding hydrogens is 366 g/mol. The SMILES string of the molecule is Cc1ncc(Cl)c(Nc2ccc(-c3cnn(C(=O)OC(C)(C)C)c3)cc2)n1. The molecule has 0 radical (unpaired) electrons. The van der Waals surface area contributed by atoms with Crippen LogP contribution in [0.25, 0.3) is 11.1 Å². The predicted molar refractivity (Wildman–Crippen MR) is 104 cm³/mol. The normalized spacial score (nSPS) is 11.3. The van der Waals surface area contributed by atoms with Crippen LogP contribution in [0.3, 0.4) is 0 Å². The summed E-state index contributed by atoms with van der Waals surface area (Å²) in [6, 6.07) is 7.63. The summed E-state index contributed by atoms with van der Waals surface area (Å²) in [6.07, 6.45) is 4.31. The van der Waals surface area contributed by atoms with Gasteiger partial charge in [-0.3, -0.25) is 0 Å². The van der Waals surface area contributed by atoms with Gasteiger partial charge < -0.3 is 10.1 Å². The quantitative estimate of drug-likeness (QED) is 0.695. The van der Waals surface area contributed by atoms with E-state index in [0.29, 0.717) is 16.7 Å². The number of aryl methyl sites for hydroxylation is 1. The summed E-state index contributed by atoms with van der Waals surface area (Å²) in [5.41, 5.74) is 1.99. The van der Waals surface area contributed by atoms with Gasteiger partial charge in [-0.15, -0.1) is 0 Å². The van der Waals surface area contributed by atoms with Crippen LogP contribution in [-0.4, -0.2) is 31.4 Å². The topological polar surface area (TPSA) is 81.9 Å². The lowest BCUT2D eigenvalue weighted by Crippen LogP contribution is -2.27. The number of nitrogens with zero attached hydrogens (tertiary/aromatic N) is 4. The van der Waals surface area contributed by atoms with Crippen molar-refractivity contribution in [2.75, 3.05) is 5.32 Å². The van der Waals surface area contributed by atoms with Crippen LogP contribution in [0.15, 0.2) is 42.9 Å². The van der Waals surface area contributed by atoms with E-state index in [1.165, 1.54) is 4.68 Å². The molecule has 27 heavy (non-hydrogen) atoms. The Morgan fingerprint density at radius 3 is 2.52 bits per heavy atom. The first-order valence-electron chi connectivity index (χ1n) is 8.36. The summed E-state index contributed by atoms with van der Waals surface area (Å²) in [7, 11) is 0. The lowest BCUT2D eigenvalue weighted by molar-refractivity contribution is 0.0514. The minimum absolute atomic E-state index is 0.448. The van der Waals surface area contributed by atoms with E-state index in [1.807, 2.05) is 45.0 Å². The molecule has 0 aliphatic rings. The van der Waals surface area contributed by atoms with Crippen molar-refractivity contribution in [3.63, 3.8) is 0 Å². The van der Waals surface area contributed by atoms with Gasteiger partial charge in [0.25, 0.3) is 0 Å². The fourth-order valence-corrected chi connectivity index (χ4v) is 2.44. The van der Waals surface area contributed by atoms with Crippen molar-refractivity contribution in [1.82, 2.24) is 19.7 Å². The minimum atomic E-state index is -0.572. The molecule has 0 amide bonds. The van der Waals surface area contributed by atoms with Gasteiger partial charge in [-0.25, -0.2) is 14.8 Å². The zero-order valence-corrected chi connectivity index (χ0v) is 16.3. The summed E-state index contributed by atoms with van der Waals surface area (Å²) in [6.45, 7) is 7.23. The number of hydrogen-bond donors (Lipinski definition) is 1. The first kappa shape index (κ1) is 18.8. The lowest BCUT2D eigenvalue weighted by Gasteiger charge is -2.18. The molecule has 3 rings (SSSR count). The summed E-state index contributed by atoms with van der Waals surface area (Å²) < 4.78 is 6.50. The van der Waals surface area contributed by atoms with Gasteiger partial charge in [0, 0.05) is 17.4 Å². The molecule has 0 aliphatic carbocycles. The van der Waals surface area contributed by atoms with Gasteiger partial charge in [0.2, 0.25) is 0 Å². The molecule has 0 bridgehead atoms. The molecule has 3 aromatic rings. The number of halogens is 1. The average Bonchev–Trinajstić information content (AvgIpc) is 3.08. The Labute approximate surface area is 162 Å². The van der Waals surface area contributed by atoms with Crippen molar-refractivity contribution in [3.05, 3.63) is 53.7 Å². The number of rotatable bonds is 3. The van der Waals surface area contributed by atoms with E-state index in [-0.39, 0.29) is 0 Å². The zero-order valence-electron chi connectivity index (χ0n) is 15.5. The third-order valence-electron chi connectivity index (χ3n) is 3.51. The van der Waals surface area contributed by atoms with Crippen LogP contribution >= 0.6 is 11.6 Å². The fraction of sp³-hybridized carbons (Fsp3) is 0.263. The van der Waals surface area contributed by atoms with Crippen LogP contribution < -0.4 is 5.32 Å². The van der Waals surface area contributed by atoms with E-state index in [9.17, 15) is 4.79 Å². The zero-order chi connectivity index (χ0) is 19.6. The highest BCUT2D eigenvalue weighted by atomic mass is 35.5. The molecule has 2 aromatic heterocycles. The van der Waals surface area contributed by atoms with Crippen molar-refractivity contribution in [3.8, 4) is 11.1 Å². The molecule has 0 saturated heterocycles. The van der Waals surface area contributed by atoms with E-state index >= 15 is 0 Å². The maximum atomic E-state index is 12.1. The van der Waals surface area contributed by atoms with Crippen LogP contribution in [0.4, 0.5) is 16.3 Å². The fourth-order valence-electron chi connectivity index (χ4n) is 2.31. The van der Waals surface area contributed by atoms with E-state index in [2.05, 4.69) is 20.4 Å². The lowest BCUT2D eigenvalue weighted by atomic mass is 10.1. The van der Waals surface area contributed by atoms with E-state index in [0.717, 1.165) is 16.8 Å². The first-order chi connectivity index (χ1) is 12.7. The molecule has 8 heteroatoms. The number of anilines is 2. The number of nitrogens with one attached hydrogen (secondary N) is 1. The Morgan fingerprint density at radius 1 is 1.15 bits per heavy atom. The second kappa shape index (κ2) is 7.36. The molecule has 1 aromatic carbocycles. The molecule has 0 aliphatic heterocycles. The van der Waals surface area contributed by atoms with Crippen molar-refractivity contribution in [2.45, 2.75) is 33.3 Å². The largest absolute Gasteiger partial charge is 0.442 e. The Kier molecular flexibility index (Phi) is 5.14. The highest BCUT2D eigenvalue weighted by molar-refractivity contribution is 6.32.